The van der Waals surface area contributed by atoms with E-state index >= 15 is 0 Å². The zero-order chi connectivity index (χ0) is 21.7. The molecule has 8 heteroatoms. The van der Waals surface area contributed by atoms with Crippen LogP contribution in [-0.2, 0) is 6.54 Å². The number of benzene rings is 2. The van der Waals surface area contributed by atoms with E-state index in [4.69, 9.17) is 9.40 Å². The fourth-order valence-corrected chi connectivity index (χ4v) is 3.93. The molecule has 0 saturated heterocycles. The van der Waals surface area contributed by atoms with Crippen LogP contribution in [0.25, 0.3) is 50.6 Å². The Morgan fingerprint density at radius 2 is 1.91 bits per heavy atom. The molecule has 0 aliphatic rings. The molecule has 8 nitrogen and oxygen atoms in total. The molecule has 0 N–H and O–H groups in total. The highest BCUT2D eigenvalue weighted by atomic mass is 16.5. The summed E-state index contributed by atoms with van der Waals surface area (Å²) in [5, 5.41) is 17.9. The average molecular weight is 422 g/mol. The van der Waals surface area contributed by atoms with Gasteiger partial charge < -0.3 is 9.62 Å². The normalized spacial score (nSPS) is 11.5. The first-order valence-electron chi connectivity index (χ1n) is 10.3. The van der Waals surface area contributed by atoms with Gasteiger partial charge in [0.15, 0.2) is 11.3 Å². The molecule has 4 aromatic heterocycles. The Kier molecular flexibility index (Phi) is 4.04. The Hall–Kier alpha value is -4.46. The fourth-order valence-electron chi connectivity index (χ4n) is 3.93. The smallest absolute Gasteiger partial charge is 0.237 e. The maximum atomic E-state index is 12.5. The highest BCUT2D eigenvalue weighted by Gasteiger charge is 2.21. The summed E-state index contributed by atoms with van der Waals surface area (Å²) in [6.45, 7) is 2.87. The Balaban J connectivity index is 1.46. The molecule has 0 aliphatic heterocycles. The van der Waals surface area contributed by atoms with Crippen LogP contribution in [0.5, 0.6) is 0 Å². The Bertz CT molecular complexity index is 1580. The van der Waals surface area contributed by atoms with Crippen LogP contribution >= 0.6 is 0 Å². The van der Waals surface area contributed by atoms with Gasteiger partial charge in [0.05, 0.1) is 29.8 Å². The second-order valence-electron chi connectivity index (χ2n) is 7.46. The average Bonchev–Trinajstić information content (AvgIpc) is 3.56. The maximum absolute atomic E-state index is 12.5. The van der Waals surface area contributed by atoms with Crippen LogP contribution in [0, 0.1) is 5.21 Å². The zero-order valence-electron chi connectivity index (χ0n) is 17.2. The molecule has 6 rings (SSSR count). The first-order valence-corrected chi connectivity index (χ1v) is 10.3. The van der Waals surface area contributed by atoms with Gasteiger partial charge in [-0.3, -0.25) is 4.68 Å². The number of hydrogen-bond donors (Lipinski definition) is 0. The van der Waals surface area contributed by atoms with Crippen molar-refractivity contribution in [2.24, 2.45) is 0 Å². The van der Waals surface area contributed by atoms with E-state index in [0.717, 1.165) is 39.1 Å². The third kappa shape index (κ3) is 2.84. The summed E-state index contributed by atoms with van der Waals surface area (Å²) in [5.41, 5.74) is 4.69. The van der Waals surface area contributed by atoms with Crippen molar-refractivity contribution in [1.82, 2.24) is 24.3 Å². The van der Waals surface area contributed by atoms with Gasteiger partial charge in [-0.25, -0.2) is 9.97 Å². The van der Waals surface area contributed by atoms with Crippen molar-refractivity contribution in [1.29, 1.82) is 0 Å². The molecule has 6 aromatic rings. The molecule has 0 saturated carbocycles. The van der Waals surface area contributed by atoms with Crippen LogP contribution in [0.1, 0.15) is 6.92 Å². The third-order valence-electron chi connectivity index (χ3n) is 5.54. The lowest BCUT2D eigenvalue weighted by Crippen LogP contribution is -2.31. The van der Waals surface area contributed by atoms with Crippen LogP contribution in [0.3, 0.4) is 0 Å². The second kappa shape index (κ2) is 7.05. The summed E-state index contributed by atoms with van der Waals surface area (Å²) in [6.07, 6.45) is 6.65. The quantitative estimate of drug-likeness (QED) is 0.312. The van der Waals surface area contributed by atoms with Crippen LogP contribution in [0.2, 0.25) is 0 Å². The third-order valence-corrected chi connectivity index (χ3v) is 5.54. The van der Waals surface area contributed by atoms with Gasteiger partial charge in [0, 0.05) is 23.1 Å². The molecule has 0 fully saturated rings. The van der Waals surface area contributed by atoms with Gasteiger partial charge in [-0.05, 0) is 25.1 Å². The van der Waals surface area contributed by atoms with E-state index < -0.39 is 0 Å². The number of aryl methyl sites for hydroxylation is 1. The first kappa shape index (κ1) is 18.3. The maximum Gasteiger partial charge on any atom is 0.237 e. The minimum Gasteiger partial charge on any atom is -0.596 e. The Morgan fingerprint density at radius 1 is 1.03 bits per heavy atom. The van der Waals surface area contributed by atoms with Crippen LogP contribution in [0.15, 0.2) is 83.8 Å². The standard InChI is InChI=1S/C24H18N6O2/c1-2-28-21-9-8-17(12-18(21)13-26-28)20-10-11-29-23(27-20)19(15-30(29)31)24-25-14-22(32-24)16-6-4-3-5-7-16/h3-15H,2H2,1H3. The predicted molar refractivity (Wildman–Crippen MR) is 119 cm³/mol. The van der Waals surface area contributed by atoms with Gasteiger partial charge in [-0.1, -0.05) is 45.8 Å². The van der Waals surface area contributed by atoms with Crippen molar-refractivity contribution < 1.29 is 9.26 Å². The molecule has 32 heavy (non-hydrogen) atoms. The molecule has 2 aromatic carbocycles. The van der Waals surface area contributed by atoms with Gasteiger partial charge in [-0.2, -0.15) is 5.10 Å². The molecule has 0 spiro atoms. The molecule has 0 aliphatic carbocycles. The highest BCUT2D eigenvalue weighted by Crippen LogP contribution is 2.29. The lowest BCUT2D eigenvalue weighted by molar-refractivity contribution is -0.676. The second-order valence-corrected chi connectivity index (χ2v) is 7.46. The summed E-state index contributed by atoms with van der Waals surface area (Å²) in [7, 11) is 0. The van der Waals surface area contributed by atoms with Crippen LogP contribution in [0.4, 0.5) is 0 Å². The van der Waals surface area contributed by atoms with E-state index in [2.05, 4.69) is 23.1 Å². The summed E-state index contributed by atoms with van der Waals surface area (Å²) in [5.74, 6) is 0.979. The molecular formula is C24H18N6O2. The van der Waals surface area contributed by atoms with Crippen molar-refractivity contribution in [3.8, 4) is 34.0 Å². The van der Waals surface area contributed by atoms with E-state index in [1.54, 1.807) is 12.4 Å². The molecule has 156 valence electrons. The van der Waals surface area contributed by atoms with Crippen molar-refractivity contribution in [2.75, 3.05) is 0 Å². The van der Waals surface area contributed by atoms with E-state index in [-0.39, 0.29) is 0 Å². The van der Waals surface area contributed by atoms with Gasteiger partial charge in [0.25, 0.3) is 0 Å². The SMILES string of the molecule is CCn1ncc2cc(-c3ccn4c(n3)c(-c3ncc(-c5ccccc5)o3)c[n+]4[O-])ccc21. The number of oxazole rings is 1. The topological polar surface area (TPSA) is 88.1 Å². The van der Waals surface area contributed by atoms with E-state index in [0.29, 0.717) is 22.9 Å². The van der Waals surface area contributed by atoms with Crippen molar-refractivity contribution in [3.05, 3.63) is 84.6 Å². The van der Waals surface area contributed by atoms with Crippen molar-refractivity contribution in [3.63, 3.8) is 0 Å². The summed E-state index contributed by atoms with van der Waals surface area (Å²) in [6, 6.07) is 17.6. The number of rotatable bonds is 4. The number of aromatic nitrogens is 6. The number of fused-ring (bicyclic) bond motifs is 2. The lowest BCUT2D eigenvalue weighted by Gasteiger charge is -2.03. The predicted octanol–water partition coefficient (Wildman–Crippen LogP) is 4.33. The van der Waals surface area contributed by atoms with Crippen LogP contribution < -0.4 is 4.85 Å². The van der Waals surface area contributed by atoms with E-state index in [1.807, 2.05) is 59.4 Å². The first-order chi connectivity index (χ1) is 15.7. The molecule has 0 radical (unpaired) electrons. The van der Waals surface area contributed by atoms with Gasteiger partial charge in [0.2, 0.25) is 17.7 Å². The minimum atomic E-state index is 0.347. The molecule has 0 atom stereocenters. The highest BCUT2D eigenvalue weighted by molar-refractivity contribution is 5.84. The molecule has 4 heterocycles. The zero-order valence-corrected chi connectivity index (χ0v) is 17.2. The van der Waals surface area contributed by atoms with Gasteiger partial charge in [0.1, 0.15) is 0 Å². The van der Waals surface area contributed by atoms with E-state index in [1.165, 1.54) is 10.7 Å². The number of nitrogens with zero attached hydrogens (tertiary/aromatic N) is 6. The van der Waals surface area contributed by atoms with Gasteiger partial charge in [-0.15, -0.1) is 0 Å². The molecular weight excluding hydrogens is 404 g/mol. The van der Waals surface area contributed by atoms with Crippen molar-refractivity contribution in [2.45, 2.75) is 13.5 Å². The Labute approximate surface area is 182 Å². The monoisotopic (exact) mass is 422 g/mol. The van der Waals surface area contributed by atoms with Gasteiger partial charge >= 0.3 is 0 Å². The van der Waals surface area contributed by atoms with Crippen LogP contribution in [-0.4, -0.2) is 24.3 Å². The fraction of sp³-hybridized carbons (Fsp3) is 0.0833. The van der Waals surface area contributed by atoms with Crippen molar-refractivity contribution >= 4 is 16.6 Å². The summed E-state index contributed by atoms with van der Waals surface area (Å²) >= 11 is 0. The summed E-state index contributed by atoms with van der Waals surface area (Å²) in [4.78, 5) is 9.90. The Morgan fingerprint density at radius 3 is 2.75 bits per heavy atom. The molecule has 0 unspecified atom stereocenters. The lowest BCUT2D eigenvalue weighted by atomic mass is 10.1. The number of hydrogen-bond acceptors (Lipinski definition) is 5. The minimum absolute atomic E-state index is 0.347. The summed E-state index contributed by atoms with van der Waals surface area (Å²) < 4.78 is 9.35. The molecule has 0 amide bonds. The molecule has 0 bridgehead atoms. The largest absolute Gasteiger partial charge is 0.596 e. The van der Waals surface area contributed by atoms with E-state index in [9.17, 15) is 5.21 Å².